The Morgan fingerprint density at radius 2 is 1.57 bits per heavy atom. The standard InChI is InChI=1S/C27H21N3O5/c31-22(25-20-8-4-5-9-21(20)28-26(25)17-6-2-1-3-7-17)16-35-27(34)18-10-12-19(13-11-18)30-24(33)15-14-23(32)29-30/h1-13,28H,14-16H2,(H,29,32). The molecule has 0 aliphatic carbocycles. The summed E-state index contributed by atoms with van der Waals surface area (Å²) < 4.78 is 5.32. The van der Waals surface area contributed by atoms with E-state index < -0.39 is 12.6 Å². The summed E-state index contributed by atoms with van der Waals surface area (Å²) in [6.45, 7) is -0.428. The molecule has 2 amide bonds. The van der Waals surface area contributed by atoms with Gasteiger partial charge in [-0.1, -0.05) is 48.5 Å². The van der Waals surface area contributed by atoms with Crippen LogP contribution in [0.3, 0.4) is 0 Å². The summed E-state index contributed by atoms with van der Waals surface area (Å²) in [7, 11) is 0. The molecule has 0 bridgehead atoms. The van der Waals surface area contributed by atoms with Crippen LogP contribution in [0, 0.1) is 0 Å². The minimum atomic E-state index is -0.667. The summed E-state index contributed by atoms with van der Waals surface area (Å²) in [4.78, 5) is 52.8. The molecule has 174 valence electrons. The van der Waals surface area contributed by atoms with E-state index in [-0.39, 0.29) is 36.0 Å². The second kappa shape index (κ2) is 9.26. The van der Waals surface area contributed by atoms with Crippen LogP contribution in [-0.4, -0.2) is 35.2 Å². The Morgan fingerprint density at radius 1 is 0.857 bits per heavy atom. The second-order valence-electron chi connectivity index (χ2n) is 8.10. The van der Waals surface area contributed by atoms with Gasteiger partial charge in [0.25, 0.3) is 0 Å². The molecule has 0 spiro atoms. The third-order valence-electron chi connectivity index (χ3n) is 5.79. The van der Waals surface area contributed by atoms with Gasteiger partial charge in [-0.15, -0.1) is 0 Å². The molecule has 3 aromatic carbocycles. The normalized spacial score (nSPS) is 13.5. The number of hydrogen-bond acceptors (Lipinski definition) is 5. The van der Waals surface area contributed by atoms with Crippen LogP contribution in [0.25, 0.3) is 22.2 Å². The first-order valence-corrected chi connectivity index (χ1v) is 11.1. The van der Waals surface area contributed by atoms with Crippen molar-refractivity contribution in [3.63, 3.8) is 0 Å². The molecule has 1 fully saturated rings. The Morgan fingerprint density at radius 3 is 2.34 bits per heavy atom. The number of aromatic amines is 1. The molecule has 1 aliphatic rings. The molecule has 0 saturated carbocycles. The van der Waals surface area contributed by atoms with Crippen molar-refractivity contribution in [3.05, 3.63) is 90.0 Å². The number of rotatable bonds is 6. The Labute approximate surface area is 200 Å². The van der Waals surface area contributed by atoms with Crippen LogP contribution < -0.4 is 10.4 Å². The number of esters is 1. The number of hydrogen-bond donors (Lipinski definition) is 2. The van der Waals surface area contributed by atoms with Crippen molar-refractivity contribution >= 4 is 40.2 Å². The number of fused-ring (bicyclic) bond motifs is 1. The number of ether oxygens (including phenoxy) is 1. The Balaban J connectivity index is 1.32. The predicted octanol–water partition coefficient (Wildman–Crippen LogP) is 4.03. The van der Waals surface area contributed by atoms with E-state index in [1.54, 1.807) is 0 Å². The summed E-state index contributed by atoms with van der Waals surface area (Å²) in [6.07, 6.45) is 0.271. The molecule has 4 aromatic rings. The number of aromatic nitrogens is 1. The van der Waals surface area contributed by atoms with Gasteiger partial charge in [0, 0.05) is 23.7 Å². The smallest absolute Gasteiger partial charge is 0.338 e. The third-order valence-corrected chi connectivity index (χ3v) is 5.79. The van der Waals surface area contributed by atoms with Gasteiger partial charge < -0.3 is 9.72 Å². The fourth-order valence-corrected chi connectivity index (χ4v) is 4.07. The summed E-state index contributed by atoms with van der Waals surface area (Å²) in [5.41, 5.74) is 5.96. The van der Waals surface area contributed by atoms with E-state index in [0.717, 1.165) is 21.5 Å². The SMILES string of the molecule is O=C1CCC(=O)N(c2ccc(C(=O)OCC(=O)c3c(-c4ccccc4)[nH]c4ccccc34)cc2)N1. The van der Waals surface area contributed by atoms with Crippen LogP contribution in [-0.2, 0) is 14.3 Å². The number of Topliss-reactive ketones (excluding diaryl/α,β-unsaturated/α-hetero) is 1. The largest absolute Gasteiger partial charge is 0.454 e. The van der Waals surface area contributed by atoms with Gasteiger partial charge in [-0.3, -0.25) is 19.8 Å². The molecule has 0 radical (unpaired) electrons. The first kappa shape index (κ1) is 22.1. The van der Waals surface area contributed by atoms with E-state index in [1.165, 1.54) is 24.3 Å². The topological polar surface area (TPSA) is 109 Å². The summed E-state index contributed by atoms with van der Waals surface area (Å²) in [5.74, 6) is -1.48. The number of nitrogens with one attached hydrogen (secondary N) is 2. The first-order valence-electron chi connectivity index (χ1n) is 11.1. The van der Waals surface area contributed by atoms with Crippen molar-refractivity contribution in [2.75, 3.05) is 11.6 Å². The predicted molar refractivity (Wildman–Crippen MR) is 130 cm³/mol. The number of ketones is 1. The minimum Gasteiger partial charge on any atom is -0.454 e. The summed E-state index contributed by atoms with van der Waals surface area (Å²) in [6, 6.07) is 23.0. The van der Waals surface area contributed by atoms with Crippen LogP contribution in [0.15, 0.2) is 78.9 Å². The molecule has 2 heterocycles. The van der Waals surface area contributed by atoms with Gasteiger partial charge in [-0.05, 0) is 35.9 Å². The monoisotopic (exact) mass is 467 g/mol. The fraction of sp³-hybridized carbons (Fsp3) is 0.111. The van der Waals surface area contributed by atoms with Crippen molar-refractivity contribution in [2.45, 2.75) is 12.8 Å². The molecule has 1 saturated heterocycles. The molecule has 0 unspecified atom stereocenters. The number of H-pyrrole nitrogens is 1. The van der Waals surface area contributed by atoms with Crippen molar-refractivity contribution < 1.29 is 23.9 Å². The zero-order valence-electron chi connectivity index (χ0n) is 18.6. The van der Waals surface area contributed by atoms with Crippen LogP contribution in [0.1, 0.15) is 33.6 Å². The van der Waals surface area contributed by atoms with Crippen LogP contribution >= 0.6 is 0 Å². The molecule has 5 rings (SSSR count). The van der Waals surface area contributed by atoms with Crippen molar-refractivity contribution in [3.8, 4) is 11.3 Å². The highest BCUT2D eigenvalue weighted by Gasteiger charge is 2.25. The number of carbonyl (C=O) groups is 4. The van der Waals surface area contributed by atoms with Gasteiger partial charge in [0.15, 0.2) is 6.61 Å². The third kappa shape index (κ3) is 4.41. The van der Waals surface area contributed by atoms with Gasteiger partial charge in [-0.25, -0.2) is 9.80 Å². The van der Waals surface area contributed by atoms with Gasteiger partial charge in [0.1, 0.15) is 0 Å². The van der Waals surface area contributed by atoms with E-state index in [4.69, 9.17) is 4.74 Å². The molecule has 2 N–H and O–H groups in total. The van der Waals surface area contributed by atoms with E-state index in [0.29, 0.717) is 16.9 Å². The zero-order chi connectivity index (χ0) is 24.4. The quantitative estimate of drug-likeness (QED) is 0.329. The summed E-state index contributed by atoms with van der Waals surface area (Å²) >= 11 is 0. The van der Waals surface area contributed by atoms with Crippen molar-refractivity contribution in [1.82, 2.24) is 10.4 Å². The van der Waals surface area contributed by atoms with E-state index in [1.807, 2.05) is 54.6 Å². The number of anilines is 1. The summed E-state index contributed by atoms with van der Waals surface area (Å²) in [5, 5.41) is 1.91. The second-order valence-corrected chi connectivity index (χ2v) is 8.10. The maximum absolute atomic E-state index is 13.2. The number of hydrazine groups is 1. The van der Waals surface area contributed by atoms with E-state index in [9.17, 15) is 19.2 Å². The number of benzene rings is 3. The van der Waals surface area contributed by atoms with E-state index >= 15 is 0 Å². The highest BCUT2D eigenvalue weighted by molar-refractivity contribution is 6.14. The molecular formula is C27H21N3O5. The molecule has 1 aromatic heterocycles. The molecule has 8 heteroatoms. The van der Waals surface area contributed by atoms with Gasteiger partial charge in [-0.2, -0.15) is 0 Å². The highest BCUT2D eigenvalue weighted by atomic mass is 16.5. The maximum atomic E-state index is 13.2. The lowest BCUT2D eigenvalue weighted by molar-refractivity contribution is -0.130. The minimum absolute atomic E-state index is 0.122. The highest BCUT2D eigenvalue weighted by Crippen LogP contribution is 2.30. The molecule has 0 atom stereocenters. The lowest BCUT2D eigenvalue weighted by atomic mass is 10.0. The lowest BCUT2D eigenvalue weighted by Gasteiger charge is -2.27. The molecular weight excluding hydrogens is 446 g/mol. The Bertz CT molecular complexity index is 1440. The van der Waals surface area contributed by atoms with Gasteiger partial charge in [0.05, 0.1) is 22.5 Å². The van der Waals surface area contributed by atoms with Gasteiger partial charge in [0.2, 0.25) is 17.6 Å². The van der Waals surface area contributed by atoms with Crippen LogP contribution in [0.5, 0.6) is 0 Å². The Kier molecular flexibility index (Phi) is 5.85. The first-order chi connectivity index (χ1) is 17.0. The van der Waals surface area contributed by atoms with Gasteiger partial charge >= 0.3 is 5.97 Å². The number of carbonyl (C=O) groups excluding carboxylic acids is 4. The van der Waals surface area contributed by atoms with Crippen molar-refractivity contribution in [1.29, 1.82) is 0 Å². The van der Waals surface area contributed by atoms with E-state index in [2.05, 4.69) is 10.4 Å². The lowest BCUT2D eigenvalue weighted by Crippen LogP contribution is -2.50. The molecule has 1 aliphatic heterocycles. The average Bonchev–Trinajstić information content (AvgIpc) is 3.29. The Hall–Kier alpha value is -4.72. The molecule has 35 heavy (non-hydrogen) atoms. The number of amides is 2. The zero-order valence-corrected chi connectivity index (χ0v) is 18.6. The van der Waals surface area contributed by atoms with Crippen molar-refractivity contribution in [2.24, 2.45) is 0 Å². The van der Waals surface area contributed by atoms with Crippen LogP contribution in [0.4, 0.5) is 5.69 Å². The maximum Gasteiger partial charge on any atom is 0.338 e. The molecule has 8 nitrogen and oxygen atoms in total. The van der Waals surface area contributed by atoms with Crippen LogP contribution in [0.2, 0.25) is 0 Å². The number of nitrogens with zero attached hydrogens (tertiary/aromatic N) is 1. The number of para-hydroxylation sites is 1. The fourth-order valence-electron chi connectivity index (χ4n) is 4.07. The average molecular weight is 467 g/mol.